The van der Waals surface area contributed by atoms with Crippen LogP contribution in [0.2, 0.25) is 0 Å². The first-order valence-corrected chi connectivity index (χ1v) is 8.01. The summed E-state index contributed by atoms with van der Waals surface area (Å²) < 4.78 is 14.7. The Labute approximate surface area is 141 Å². The Kier molecular flexibility index (Phi) is 6.54. The summed E-state index contributed by atoms with van der Waals surface area (Å²) in [6.07, 6.45) is 4.75. The summed E-state index contributed by atoms with van der Waals surface area (Å²) in [5.41, 5.74) is 1.31. The van der Waals surface area contributed by atoms with E-state index < -0.39 is 5.97 Å². The first-order chi connectivity index (χ1) is 11.6. The topological polar surface area (TPSA) is 86.8 Å². The van der Waals surface area contributed by atoms with Crippen molar-refractivity contribution in [2.24, 2.45) is 5.92 Å². The zero-order chi connectivity index (χ0) is 17.5. The summed E-state index contributed by atoms with van der Waals surface area (Å²) in [6, 6.07) is 2.07. The van der Waals surface area contributed by atoms with E-state index in [-0.39, 0.29) is 11.9 Å². The van der Waals surface area contributed by atoms with E-state index in [2.05, 4.69) is 10.3 Å². The number of carbonyl (C=O) groups is 2. The predicted molar refractivity (Wildman–Crippen MR) is 87.0 cm³/mol. The number of pyridine rings is 1. The van der Waals surface area contributed by atoms with Gasteiger partial charge in [-0.3, -0.25) is 4.79 Å². The second-order valence-corrected chi connectivity index (χ2v) is 5.82. The van der Waals surface area contributed by atoms with Gasteiger partial charge in [0.2, 0.25) is 5.88 Å². The molecular formula is C17H24N2O5. The number of rotatable bonds is 6. The second-order valence-electron chi connectivity index (χ2n) is 5.82. The fourth-order valence-electron chi connectivity index (χ4n) is 2.95. The standard InChI is InChI=1S/C17H24N2O5/c1-22-15-8-11(14(10-19-15)17(21)24-3)4-6-13-7-5-12(9-18-13)16(20)23-2/h8,10,12-13,18H,4-7,9H2,1-3H3. The maximum Gasteiger partial charge on any atom is 0.339 e. The van der Waals surface area contributed by atoms with Gasteiger partial charge < -0.3 is 19.5 Å². The van der Waals surface area contributed by atoms with Crippen LogP contribution in [0.15, 0.2) is 12.3 Å². The monoisotopic (exact) mass is 336 g/mol. The van der Waals surface area contributed by atoms with Gasteiger partial charge in [-0.1, -0.05) is 0 Å². The van der Waals surface area contributed by atoms with Gasteiger partial charge in [-0.05, 0) is 31.2 Å². The van der Waals surface area contributed by atoms with Crippen LogP contribution in [0.25, 0.3) is 0 Å². The van der Waals surface area contributed by atoms with E-state index in [0.717, 1.165) is 24.8 Å². The maximum absolute atomic E-state index is 11.9. The van der Waals surface area contributed by atoms with Crippen LogP contribution in [0.4, 0.5) is 0 Å². The number of aromatic nitrogens is 1. The van der Waals surface area contributed by atoms with E-state index in [1.54, 1.807) is 13.2 Å². The molecule has 1 aliphatic rings. The quantitative estimate of drug-likeness (QED) is 0.785. The lowest BCUT2D eigenvalue weighted by Crippen LogP contribution is -2.42. The molecule has 7 heteroatoms. The van der Waals surface area contributed by atoms with Gasteiger partial charge in [0, 0.05) is 24.8 Å². The highest BCUT2D eigenvalue weighted by atomic mass is 16.5. The van der Waals surface area contributed by atoms with Gasteiger partial charge in [0.1, 0.15) is 0 Å². The van der Waals surface area contributed by atoms with E-state index in [0.29, 0.717) is 30.5 Å². The maximum atomic E-state index is 11.9. The number of aryl methyl sites for hydroxylation is 1. The number of esters is 2. The van der Waals surface area contributed by atoms with Crippen molar-refractivity contribution in [2.45, 2.75) is 31.7 Å². The average molecular weight is 336 g/mol. The van der Waals surface area contributed by atoms with Crippen LogP contribution in [0, 0.1) is 5.92 Å². The zero-order valence-corrected chi connectivity index (χ0v) is 14.3. The third-order valence-electron chi connectivity index (χ3n) is 4.39. The number of piperidine rings is 1. The summed E-state index contributed by atoms with van der Waals surface area (Å²) in [5, 5.41) is 3.38. The van der Waals surface area contributed by atoms with Crippen LogP contribution in [0.3, 0.4) is 0 Å². The molecule has 1 saturated heterocycles. The fraction of sp³-hybridized carbons (Fsp3) is 0.588. The Bertz CT molecular complexity index is 582. The Balaban J connectivity index is 1.96. The molecule has 2 atom stereocenters. The molecule has 2 heterocycles. The van der Waals surface area contributed by atoms with Gasteiger partial charge in [0.05, 0.1) is 32.8 Å². The molecule has 0 bridgehead atoms. The van der Waals surface area contributed by atoms with Gasteiger partial charge in [-0.15, -0.1) is 0 Å². The van der Waals surface area contributed by atoms with Crippen LogP contribution in [0.1, 0.15) is 35.2 Å². The second kappa shape index (κ2) is 8.63. The zero-order valence-electron chi connectivity index (χ0n) is 14.3. The SMILES string of the molecule is COC(=O)c1cnc(OC)cc1CCC1CCC(C(=O)OC)CN1. The minimum atomic E-state index is -0.400. The van der Waals surface area contributed by atoms with E-state index in [9.17, 15) is 9.59 Å². The lowest BCUT2D eigenvalue weighted by atomic mass is 9.91. The molecule has 0 amide bonds. The van der Waals surface area contributed by atoms with E-state index in [1.165, 1.54) is 20.4 Å². The van der Waals surface area contributed by atoms with Gasteiger partial charge >= 0.3 is 11.9 Å². The minimum Gasteiger partial charge on any atom is -0.481 e. The minimum absolute atomic E-state index is 0.0714. The summed E-state index contributed by atoms with van der Waals surface area (Å²) in [6.45, 7) is 0.626. The van der Waals surface area contributed by atoms with E-state index >= 15 is 0 Å². The lowest BCUT2D eigenvalue weighted by Gasteiger charge is -2.28. The Morgan fingerprint density at radius 3 is 2.62 bits per heavy atom. The van der Waals surface area contributed by atoms with Gasteiger partial charge in [-0.25, -0.2) is 9.78 Å². The van der Waals surface area contributed by atoms with Crippen molar-refractivity contribution >= 4 is 11.9 Å². The molecule has 1 aromatic rings. The number of methoxy groups -OCH3 is 3. The van der Waals surface area contributed by atoms with E-state index in [1.807, 2.05) is 0 Å². The molecule has 1 aliphatic heterocycles. The van der Waals surface area contributed by atoms with Crippen molar-refractivity contribution in [3.8, 4) is 5.88 Å². The molecule has 7 nitrogen and oxygen atoms in total. The van der Waals surface area contributed by atoms with Crippen molar-refractivity contribution in [1.82, 2.24) is 10.3 Å². The van der Waals surface area contributed by atoms with E-state index in [4.69, 9.17) is 14.2 Å². The molecule has 0 aromatic carbocycles. The van der Waals surface area contributed by atoms with Crippen LogP contribution in [-0.4, -0.2) is 50.8 Å². The average Bonchev–Trinajstić information content (AvgIpc) is 2.65. The smallest absolute Gasteiger partial charge is 0.339 e. The highest BCUT2D eigenvalue weighted by Gasteiger charge is 2.26. The van der Waals surface area contributed by atoms with Crippen molar-refractivity contribution in [3.05, 3.63) is 23.4 Å². The summed E-state index contributed by atoms with van der Waals surface area (Å²) in [5.74, 6) is -0.159. The van der Waals surface area contributed by atoms with Crippen molar-refractivity contribution in [1.29, 1.82) is 0 Å². The molecule has 0 saturated carbocycles. The molecule has 1 aromatic heterocycles. The Morgan fingerprint density at radius 1 is 1.25 bits per heavy atom. The predicted octanol–water partition coefficient (Wildman–Crippen LogP) is 1.35. The first kappa shape index (κ1) is 18.2. The van der Waals surface area contributed by atoms with Crippen molar-refractivity contribution in [2.75, 3.05) is 27.9 Å². The number of nitrogens with one attached hydrogen (secondary N) is 1. The van der Waals surface area contributed by atoms with Crippen molar-refractivity contribution < 1.29 is 23.8 Å². The molecule has 0 aliphatic carbocycles. The highest BCUT2D eigenvalue weighted by molar-refractivity contribution is 5.90. The van der Waals surface area contributed by atoms with Crippen LogP contribution < -0.4 is 10.1 Å². The molecule has 24 heavy (non-hydrogen) atoms. The number of carbonyl (C=O) groups excluding carboxylic acids is 2. The number of ether oxygens (including phenoxy) is 3. The summed E-state index contributed by atoms with van der Waals surface area (Å²) in [4.78, 5) is 27.5. The van der Waals surface area contributed by atoms with Crippen molar-refractivity contribution in [3.63, 3.8) is 0 Å². The third-order valence-corrected chi connectivity index (χ3v) is 4.39. The third kappa shape index (κ3) is 4.44. The molecule has 1 N–H and O–H groups in total. The molecule has 0 spiro atoms. The molecule has 0 radical (unpaired) electrons. The Hall–Kier alpha value is -2.15. The number of hydrogen-bond donors (Lipinski definition) is 1. The molecule has 132 valence electrons. The van der Waals surface area contributed by atoms with Gasteiger partial charge in [-0.2, -0.15) is 0 Å². The number of hydrogen-bond acceptors (Lipinski definition) is 7. The molecule has 2 rings (SSSR count). The van der Waals surface area contributed by atoms with Crippen LogP contribution in [0.5, 0.6) is 5.88 Å². The normalized spacial score (nSPS) is 20.3. The molecular weight excluding hydrogens is 312 g/mol. The van der Waals surface area contributed by atoms with Crippen LogP contribution in [-0.2, 0) is 20.7 Å². The van der Waals surface area contributed by atoms with Gasteiger partial charge in [0.15, 0.2) is 0 Å². The fourth-order valence-corrected chi connectivity index (χ4v) is 2.95. The van der Waals surface area contributed by atoms with Gasteiger partial charge in [0.25, 0.3) is 0 Å². The largest absolute Gasteiger partial charge is 0.481 e. The number of nitrogens with zero attached hydrogens (tertiary/aromatic N) is 1. The highest BCUT2D eigenvalue weighted by Crippen LogP contribution is 2.22. The molecule has 1 fully saturated rings. The molecule has 2 unspecified atom stereocenters. The van der Waals surface area contributed by atoms with Crippen LogP contribution >= 0.6 is 0 Å². The Morgan fingerprint density at radius 2 is 2.04 bits per heavy atom. The lowest BCUT2D eigenvalue weighted by molar-refractivity contribution is -0.146. The summed E-state index contributed by atoms with van der Waals surface area (Å²) in [7, 11) is 4.31. The first-order valence-electron chi connectivity index (χ1n) is 8.01. The summed E-state index contributed by atoms with van der Waals surface area (Å²) >= 11 is 0.